The summed E-state index contributed by atoms with van der Waals surface area (Å²) in [6.07, 6.45) is 0.777. The molecule has 1 rings (SSSR count). The molecule has 0 spiro atoms. The minimum absolute atomic E-state index is 0.0773. The van der Waals surface area contributed by atoms with Crippen LogP contribution in [0.25, 0.3) is 0 Å². The fourth-order valence-electron chi connectivity index (χ4n) is 1.74. The van der Waals surface area contributed by atoms with Gasteiger partial charge in [0, 0.05) is 6.54 Å². The minimum Gasteiger partial charge on any atom is -0.508 e. The lowest BCUT2D eigenvalue weighted by atomic mass is 10.0. The zero-order valence-electron chi connectivity index (χ0n) is 11.4. The minimum atomic E-state index is -0.931. The monoisotopic (exact) mass is 280 g/mol. The number of carbonyl (C=O) groups excluding carboxylic acids is 1. The second kappa shape index (κ2) is 7.49. The highest BCUT2D eigenvalue weighted by atomic mass is 16.4. The highest BCUT2D eigenvalue weighted by Crippen LogP contribution is 2.11. The molecule has 1 aromatic rings. The number of aliphatic carboxylic acids is 1. The molecule has 20 heavy (non-hydrogen) atoms. The van der Waals surface area contributed by atoms with Gasteiger partial charge in [-0.2, -0.15) is 0 Å². The highest BCUT2D eigenvalue weighted by Gasteiger charge is 2.19. The summed E-state index contributed by atoms with van der Waals surface area (Å²) < 4.78 is 0. The number of carbonyl (C=O) groups is 2. The summed E-state index contributed by atoms with van der Waals surface area (Å²) in [4.78, 5) is 22.6. The number of amides is 1. The number of hydrogen-bond acceptors (Lipinski definition) is 4. The maximum atomic E-state index is 11.8. The lowest BCUT2D eigenvalue weighted by Crippen LogP contribution is -2.44. The van der Waals surface area contributed by atoms with Crippen molar-refractivity contribution in [3.8, 4) is 5.75 Å². The number of phenolic OH excluding ortho intramolecular Hbond substituents is 1. The van der Waals surface area contributed by atoms with Gasteiger partial charge in [-0.1, -0.05) is 19.1 Å². The molecular weight excluding hydrogens is 260 g/mol. The van der Waals surface area contributed by atoms with Crippen molar-refractivity contribution >= 4 is 11.9 Å². The number of carboxylic acid groups (broad SMARTS) is 1. The Hall–Kier alpha value is -2.08. The molecule has 0 heterocycles. The Labute approximate surface area is 117 Å². The van der Waals surface area contributed by atoms with E-state index in [0.717, 1.165) is 5.56 Å². The molecule has 0 saturated carbocycles. The van der Waals surface area contributed by atoms with Crippen molar-refractivity contribution in [3.05, 3.63) is 29.8 Å². The average Bonchev–Trinajstić information content (AvgIpc) is 2.41. The van der Waals surface area contributed by atoms with Crippen LogP contribution in [0.5, 0.6) is 5.75 Å². The van der Waals surface area contributed by atoms with Crippen LogP contribution in [0.4, 0.5) is 0 Å². The normalized spacial score (nSPS) is 13.5. The molecule has 110 valence electrons. The molecule has 0 radical (unpaired) electrons. The van der Waals surface area contributed by atoms with E-state index in [2.05, 4.69) is 5.32 Å². The van der Waals surface area contributed by atoms with Crippen LogP contribution >= 0.6 is 0 Å². The third kappa shape index (κ3) is 4.89. The van der Waals surface area contributed by atoms with Crippen molar-refractivity contribution in [2.24, 2.45) is 11.7 Å². The van der Waals surface area contributed by atoms with E-state index in [1.54, 1.807) is 19.1 Å². The summed E-state index contributed by atoms with van der Waals surface area (Å²) in [5.74, 6) is -1.75. The third-order valence-corrected chi connectivity index (χ3v) is 3.09. The summed E-state index contributed by atoms with van der Waals surface area (Å²) in [7, 11) is 0. The molecule has 0 aliphatic rings. The van der Waals surface area contributed by atoms with E-state index in [1.165, 1.54) is 12.1 Å². The summed E-state index contributed by atoms with van der Waals surface area (Å²) in [6.45, 7) is 1.83. The molecule has 6 heteroatoms. The molecule has 0 saturated heterocycles. The summed E-state index contributed by atoms with van der Waals surface area (Å²) in [5, 5.41) is 20.6. The van der Waals surface area contributed by atoms with Gasteiger partial charge in [0.2, 0.25) is 5.91 Å². The molecular formula is C14H20N2O4. The van der Waals surface area contributed by atoms with Gasteiger partial charge in [0.25, 0.3) is 0 Å². The van der Waals surface area contributed by atoms with E-state index in [1.807, 2.05) is 0 Å². The number of rotatable bonds is 7. The molecule has 2 unspecified atom stereocenters. The Morgan fingerprint density at radius 1 is 1.30 bits per heavy atom. The lowest BCUT2D eigenvalue weighted by Gasteiger charge is -2.15. The van der Waals surface area contributed by atoms with Crippen LogP contribution < -0.4 is 11.1 Å². The largest absolute Gasteiger partial charge is 0.508 e. The third-order valence-electron chi connectivity index (χ3n) is 3.09. The molecule has 1 aromatic carbocycles. The van der Waals surface area contributed by atoms with Gasteiger partial charge >= 0.3 is 5.97 Å². The van der Waals surface area contributed by atoms with Crippen LogP contribution in [0, 0.1) is 5.92 Å². The Morgan fingerprint density at radius 3 is 2.40 bits per heavy atom. The molecule has 5 N–H and O–H groups in total. The zero-order valence-corrected chi connectivity index (χ0v) is 11.4. The topological polar surface area (TPSA) is 113 Å². The molecule has 2 atom stereocenters. The van der Waals surface area contributed by atoms with E-state index in [0.29, 0.717) is 12.8 Å². The number of nitrogens with two attached hydrogens (primary N) is 1. The fourth-order valence-corrected chi connectivity index (χ4v) is 1.74. The fraction of sp³-hybridized carbons (Fsp3) is 0.429. The first-order valence-corrected chi connectivity index (χ1v) is 6.48. The van der Waals surface area contributed by atoms with Gasteiger partial charge in [0.15, 0.2) is 0 Å². The van der Waals surface area contributed by atoms with E-state index < -0.39 is 17.9 Å². The second-order valence-electron chi connectivity index (χ2n) is 4.67. The van der Waals surface area contributed by atoms with Gasteiger partial charge in [-0.3, -0.25) is 9.59 Å². The van der Waals surface area contributed by atoms with Gasteiger partial charge in [0.1, 0.15) is 5.75 Å². The molecule has 1 amide bonds. The van der Waals surface area contributed by atoms with Gasteiger partial charge in [0.05, 0.1) is 12.0 Å². The number of phenols is 1. The number of hydrogen-bond donors (Lipinski definition) is 4. The number of aromatic hydroxyl groups is 1. The Balaban J connectivity index is 2.46. The highest BCUT2D eigenvalue weighted by molar-refractivity contribution is 5.82. The quantitative estimate of drug-likeness (QED) is 0.580. The standard InChI is InChI=1S/C14H20N2O4/c1-2-10(14(19)20)8-16-13(18)12(15)7-9-3-5-11(17)6-4-9/h3-6,10,12,17H,2,7-8,15H2,1H3,(H,16,18)(H,19,20). The van der Waals surface area contributed by atoms with E-state index in [9.17, 15) is 9.59 Å². The molecule has 6 nitrogen and oxygen atoms in total. The summed E-state index contributed by atoms with van der Waals surface area (Å²) >= 11 is 0. The van der Waals surface area contributed by atoms with Crippen LogP contribution in [-0.2, 0) is 16.0 Å². The van der Waals surface area contributed by atoms with Crippen molar-refractivity contribution in [2.75, 3.05) is 6.54 Å². The van der Waals surface area contributed by atoms with Gasteiger partial charge < -0.3 is 21.3 Å². The predicted molar refractivity (Wildman–Crippen MR) is 74.2 cm³/mol. The van der Waals surface area contributed by atoms with Crippen LogP contribution in [0.3, 0.4) is 0 Å². The summed E-state index contributed by atoms with van der Waals surface area (Å²) in [6, 6.07) is 5.68. The van der Waals surface area contributed by atoms with Gasteiger partial charge in [-0.25, -0.2) is 0 Å². The SMILES string of the molecule is CCC(CNC(=O)C(N)Cc1ccc(O)cc1)C(=O)O. The number of carboxylic acids is 1. The predicted octanol–water partition coefficient (Wildman–Crippen LogP) is 0.489. The Morgan fingerprint density at radius 2 is 1.90 bits per heavy atom. The van der Waals surface area contributed by atoms with E-state index >= 15 is 0 Å². The van der Waals surface area contributed by atoms with E-state index in [4.69, 9.17) is 15.9 Å². The zero-order chi connectivity index (χ0) is 15.1. The first-order chi connectivity index (χ1) is 9.43. The molecule has 0 aliphatic carbocycles. The molecule has 0 aliphatic heterocycles. The maximum Gasteiger partial charge on any atom is 0.308 e. The first-order valence-electron chi connectivity index (χ1n) is 6.48. The first kappa shape index (κ1) is 16.0. The van der Waals surface area contributed by atoms with Crippen molar-refractivity contribution < 1.29 is 19.8 Å². The lowest BCUT2D eigenvalue weighted by molar-refractivity contribution is -0.141. The van der Waals surface area contributed by atoms with Crippen LogP contribution in [0.1, 0.15) is 18.9 Å². The number of nitrogens with one attached hydrogen (secondary N) is 1. The van der Waals surface area contributed by atoms with Crippen molar-refractivity contribution in [1.29, 1.82) is 0 Å². The van der Waals surface area contributed by atoms with Crippen molar-refractivity contribution in [1.82, 2.24) is 5.32 Å². The van der Waals surface area contributed by atoms with Crippen molar-refractivity contribution in [3.63, 3.8) is 0 Å². The van der Waals surface area contributed by atoms with Gasteiger partial charge in [-0.15, -0.1) is 0 Å². The van der Waals surface area contributed by atoms with Crippen molar-refractivity contribution in [2.45, 2.75) is 25.8 Å². The van der Waals surface area contributed by atoms with Crippen LogP contribution in [0.2, 0.25) is 0 Å². The second-order valence-corrected chi connectivity index (χ2v) is 4.67. The van der Waals surface area contributed by atoms with Gasteiger partial charge in [-0.05, 0) is 30.5 Å². The van der Waals surface area contributed by atoms with Crippen LogP contribution in [-0.4, -0.2) is 34.7 Å². The Bertz CT molecular complexity index is 459. The Kier molecular flexibility index (Phi) is 5.99. The molecule has 0 fully saturated rings. The smallest absolute Gasteiger partial charge is 0.308 e. The number of benzene rings is 1. The average molecular weight is 280 g/mol. The molecule has 0 bridgehead atoms. The van der Waals surface area contributed by atoms with E-state index in [-0.39, 0.29) is 18.2 Å². The van der Waals surface area contributed by atoms with Crippen LogP contribution in [0.15, 0.2) is 24.3 Å². The summed E-state index contributed by atoms with van der Waals surface area (Å²) in [5.41, 5.74) is 6.60. The maximum absolute atomic E-state index is 11.8. The molecule has 0 aromatic heterocycles.